The number of carbonyl (C=O) groups is 1. The van der Waals surface area contributed by atoms with Crippen LogP contribution in [0.2, 0.25) is 0 Å². The Kier molecular flexibility index (Phi) is 12.9. The van der Waals surface area contributed by atoms with E-state index in [2.05, 4.69) is 5.32 Å². The predicted molar refractivity (Wildman–Crippen MR) is 93.5 cm³/mol. The molecular weight excluding hydrogens is 305 g/mol. The molecule has 0 aliphatic carbocycles. The summed E-state index contributed by atoms with van der Waals surface area (Å²) in [7, 11) is 0. The van der Waals surface area contributed by atoms with Crippen LogP contribution in [-0.2, 0) is 4.79 Å². The van der Waals surface area contributed by atoms with Gasteiger partial charge in [-0.2, -0.15) is 0 Å². The summed E-state index contributed by atoms with van der Waals surface area (Å²) in [6.45, 7) is 3.88. The van der Waals surface area contributed by atoms with E-state index in [-0.39, 0.29) is 11.9 Å². The summed E-state index contributed by atoms with van der Waals surface area (Å²) in [5, 5.41) is 2.86. The fraction of sp³-hybridized carbons (Fsp3) is 0.353. The number of rotatable bonds is 9. The zero-order valence-electron chi connectivity index (χ0n) is 12.6. The second-order valence-electron chi connectivity index (χ2n) is 4.61. The standard InChI is InChI=1S/C17H23Cl2NO/c1-15(14-19)10-6-5-8-12-17(21)20-16(2)11-7-3-4-9-13-18/h5-9,11-14,16H,3-4,10H2,1-2H3,(H,20,21)/t16-/m0/s1. The SMILES string of the molecule is CC(=CCl)CC=CC=CC(=O)N[C@@H](C)C=CCCC=CCl. The molecule has 0 aromatic heterocycles. The van der Waals surface area contributed by atoms with Gasteiger partial charge in [-0.05, 0) is 33.1 Å². The molecule has 116 valence electrons. The van der Waals surface area contributed by atoms with Crippen LogP contribution < -0.4 is 5.32 Å². The van der Waals surface area contributed by atoms with Crippen molar-refractivity contribution < 1.29 is 4.79 Å². The maximum absolute atomic E-state index is 11.6. The van der Waals surface area contributed by atoms with Gasteiger partial charge in [-0.1, -0.05) is 65.2 Å². The summed E-state index contributed by atoms with van der Waals surface area (Å²) in [5.74, 6) is -0.109. The van der Waals surface area contributed by atoms with Crippen LogP contribution in [0.5, 0.6) is 0 Å². The smallest absolute Gasteiger partial charge is 0.244 e. The number of unbranched alkanes of at least 4 members (excludes halogenated alkanes) is 1. The quantitative estimate of drug-likeness (QED) is 0.267. The van der Waals surface area contributed by atoms with Gasteiger partial charge in [0.2, 0.25) is 5.91 Å². The topological polar surface area (TPSA) is 29.1 Å². The second-order valence-corrected chi connectivity index (χ2v) is 5.08. The van der Waals surface area contributed by atoms with Gasteiger partial charge < -0.3 is 5.32 Å². The Morgan fingerprint density at radius 2 is 1.86 bits per heavy atom. The summed E-state index contributed by atoms with van der Waals surface area (Å²) >= 11 is 11.0. The molecule has 0 aromatic rings. The van der Waals surface area contributed by atoms with Crippen molar-refractivity contribution in [2.24, 2.45) is 0 Å². The first-order chi connectivity index (χ1) is 10.1. The van der Waals surface area contributed by atoms with E-state index in [1.807, 2.05) is 44.2 Å². The molecule has 1 atom stereocenters. The van der Waals surface area contributed by atoms with Gasteiger partial charge in [0.05, 0.1) is 0 Å². The number of halogens is 2. The number of amides is 1. The minimum absolute atomic E-state index is 0.00698. The Hall–Kier alpha value is -1.25. The van der Waals surface area contributed by atoms with Crippen LogP contribution in [0.4, 0.5) is 0 Å². The van der Waals surface area contributed by atoms with E-state index >= 15 is 0 Å². The molecule has 2 nitrogen and oxygen atoms in total. The fourth-order valence-electron chi connectivity index (χ4n) is 1.40. The highest BCUT2D eigenvalue weighted by Crippen LogP contribution is 2.02. The van der Waals surface area contributed by atoms with Gasteiger partial charge >= 0.3 is 0 Å². The average molecular weight is 328 g/mol. The Labute approximate surface area is 137 Å². The molecule has 0 saturated heterocycles. The summed E-state index contributed by atoms with van der Waals surface area (Å²) in [6.07, 6.45) is 15.5. The Bertz CT molecular complexity index is 434. The third kappa shape index (κ3) is 13.5. The number of hydrogen-bond acceptors (Lipinski definition) is 1. The van der Waals surface area contributed by atoms with Crippen molar-refractivity contribution in [2.75, 3.05) is 0 Å². The molecule has 0 unspecified atom stereocenters. The lowest BCUT2D eigenvalue weighted by Gasteiger charge is -2.06. The number of allylic oxidation sites excluding steroid dienone is 6. The second kappa shape index (κ2) is 13.7. The molecule has 21 heavy (non-hydrogen) atoms. The Balaban J connectivity index is 3.96. The highest BCUT2D eigenvalue weighted by molar-refractivity contribution is 6.25. The number of nitrogens with one attached hydrogen (secondary N) is 1. The van der Waals surface area contributed by atoms with Crippen LogP contribution in [-0.4, -0.2) is 11.9 Å². The fourth-order valence-corrected chi connectivity index (χ4v) is 1.61. The number of hydrogen-bond donors (Lipinski definition) is 1. The highest BCUT2D eigenvalue weighted by atomic mass is 35.5. The van der Waals surface area contributed by atoms with Crippen molar-refractivity contribution in [3.63, 3.8) is 0 Å². The zero-order valence-corrected chi connectivity index (χ0v) is 14.1. The van der Waals surface area contributed by atoms with Crippen molar-refractivity contribution in [3.8, 4) is 0 Å². The maximum atomic E-state index is 11.6. The normalized spacial score (nSPS) is 14.8. The highest BCUT2D eigenvalue weighted by Gasteiger charge is 1.98. The Morgan fingerprint density at radius 3 is 2.52 bits per heavy atom. The summed E-state index contributed by atoms with van der Waals surface area (Å²) in [6, 6.07) is 0.00698. The van der Waals surface area contributed by atoms with Crippen molar-refractivity contribution >= 4 is 29.1 Å². The minimum Gasteiger partial charge on any atom is -0.347 e. The van der Waals surface area contributed by atoms with Gasteiger partial charge in [0.25, 0.3) is 0 Å². The molecule has 0 spiro atoms. The van der Waals surface area contributed by atoms with E-state index < -0.39 is 0 Å². The van der Waals surface area contributed by atoms with E-state index in [1.54, 1.807) is 11.6 Å². The minimum atomic E-state index is -0.109. The van der Waals surface area contributed by atoms with Gasteiger partial charge in [0.1, 0.15) is 0 Å². The van der Waals surface area contributed by atoms with Crippen LogP contribution in [0.25, 0.3) is 0 Å². The molecular formula is C17H23Cl2NO. The molecule has 1 amide bonds. The largest absolute Gasteiger partial charge is 0.347 e. The predicted octanol–water partition coefficient (Wildman–Crippen LogP) is 5.23. The molecule has 1 N–H and O–H groups in total. The van der Waals surface area contributed by atoms with E-state index in [9.17, 15) is 4.79 Å². The van der Waals surface area contributed by atoms with Crippen LogP contribution in [0, 0.1) is 0 Å². The van der Waals surface area contributed by atoms with Crippen molar-refractivity contribution in [1.29, 1.82) is 0 Å². The van der Waals surface area contributed by atoms with E-state index in [0.29, 0.717) is 0 Å². The molecule has 0 saturated carbocycles. The van der Waals surface area contributed by atoms with Crippen LogP contribution >= 0.6 is 23.2 Å². The van der Waals surface area contributed by atoms with Gasteiger partial charge in [-0.15, -0.1) is 0 Å². The molecule has 0 heterocycles. The molecule has 0 radical (unpaired) electrons. The Morgan fingerprint density at radius 1 is 1.14 bits per heavy atom. The van der Waals surface area contributed by atoms with Crippen LogP contribution in [0.15, 0.2) is 59.2 Å². The molecule has 0 fully saturated rings. The van der Waals surface area contributed by atoms with Gasteiger partial charge in [-0.3, -0.25) is 4.79 Å². The molecule has 0 bridgehead atoms. The van der Waals surface area contributed by atoms with Gasteiger partial charge in [0, 0.05) is 23.2 Å². The molecule has 0 aromatic carbocycles. The average Bonchev–Trinajstić information content (AvgIpc) is 2.46. The zero-order chi connectivity index (χ0) is 15.9. The lowest BCUT2D eigenvalue weighted by molar-refractivity contribution is -0.116. The lowest BCUT2D eigenvalue weighted by atomic mass is 10.2. The summed E-state index contributed by atoms with van der Waals surface area (Å²) in [5.41, 5.74) is 4.15. The van der Waals surface area contributed by atoms with Crippen molar-refractivity contribution in [3.05, 3.63) is 59.2 Å². The number of carbonyl (C=O) groups excluding carboxylic acids is 1. The summed E-state index contributed by atoms with van der Waals surface area (Å²) < 4.78 is 0. The van der Waals surface area contributed by atoms with Crippen LogP contribution in [0.3, 0.4) is 0 Å². The van der Waals surface area contributed by atoms with Gasteiger partial charge in [0.15, 0.2) is 0 Å². The molecule has 0 rings (SSSR count). The van der Waals surface area contributed by atoms with Crippen LogP contribution in [0.1, 0.15) is 33.1 Å². The first kappa shape index (κ1) is 19.8. The van der Waals surface area contributed by atoms with Gasteiger partial charge in [-0.25, -0.2) is 0 Å². The monoisotopic (exact) mass is 327 g/mol. The third-order valence-corrected chi connectivity index (χ3v) is 3.06. The first-order valence-electron chi connectivity index (χ1n) is 6.91. The van der Waals surface area contributed by atoms with E-state index in [4.69, 9.17) is 23.2 Å². The first-order valence-corrected chi connectivity index (χ1v) is 7.79. The summed E-state index contributed by atoms with van der Waals surface area (Å²) in [4.78, 5) is 11.6. The maximum Gasteiger partial charge on any atom is 0.244 e. The van der Waals surface area contributed by atoms with Crippen molar-refractivity contribution in [1.82, 2.24) is 5.32 Å². The molecule has 0 aliphatic rings. The third-order valence-electron chi connectivity index (χ3n) is 2.50. The molecule has 0 aliphatic heterocycles. The lowest BCUT2D eigenvalue weighted by Crippen LogP contribution is -2.29. The van der Waals surface area contributed by atoms with E-state index in [1.165, 1.54) is 11.6 Å². The van der Waals surface area contributed by atoms with Crippen molar-refractivity contribution in [2.45, 2.75) is 39.2 Å². The molecule has 4 heteroatoms. The van der Waals surface area contributed by atoms with E-state index in [0.717, 1.165) is 24.8 Å².